The number of allylic oxidation sites excluding steroid dienone is 2. The van der Waals surface area contributed by atoms with Gasteiger partial charge in [0.25, 0.3) is 0 Å². The Hall–Kier alpha value is -0.670. The first kappa shape index (κ1) is 10.4. The Kier molecular flexibility index (Phi) is 2.34. The van der Waals surface area contributed by atoms with E-state index in [1.54, 1.807) is 12.2 Å². The maximum Gasteiger partial charge on any atom is 0.132 e. The second-order valence-electron chi connectivity index (χ2n) is 4.32. The van der Waals surface area contributed by atoms with Crippen LogP contribution in [0.1, 0.15) is 20.8 Å². The quantitative estimate of drug-likeness (QED) is 0.517. The number of hydrogen-bond donors (Lipinski definition) is 3. The SMILES string of the molecule is CC(C)(C)C1(N)NC(Cl)=CC=C1N. The van der Waals surface area contributed by atoms with Crippen molar-refractivity contribution in [1.29, 1.82) is 0 Å². The molecule has 4 heteroatoms. The second kappa shape index (κ2) is 2.93. The fraction of sp³-hybridized carbons (Fsp3) is 0.556. The highest BCUT2D eigenvalue weighted by atomic mass is 35.5. The Bertz CT molecular complexity index is 275. The van der Waals surface area contributed by atoms with Crippen molar-refractivity contribution in [3.8, 4) is 0 Å². The third kappa shape index (κ3) is 1.67. The summed E-state index contributed by atoms with van der Waals surface area (Å²) in [6.07, 6.45) is 3.44. The van der Waals surface area contributed by atoms with Gasteiger partial charge in [0, 0.05) is 11.1 Å². The molecule has 1 aliphatic heterocycles. The molecule has 5 N–H and O–H groups in total. The van der Waals surface area contributed by atoms with Gasteiger partial charge in [-0.3, -0.25) is 0 Å². The van der Waals surface area contributed by atoms with Crippen molar-refractivity contribution >= 4 is 11.6 Å². The summed E-state index contributed by atoms with van der Waals surface area (Å²) in [7, 11) is 0. The molecule has 0 saturated carbocycles. The van der Waals surface area contributed by atoms with Crippen LogP contribution in [0.3, 0.4) is 0 Å². The monoisotopic (exact) mass is 201 g/mol. The lowest BCUT2D eigenvalue weighted by Gasteiger charge is -2.44. The lowest BCUT2D eigenvalue weighted by Crippen LogP contribution is -2.65. The standard InChI is InChI=1S/C9H16ClN3/c1-8(2,3)9(12)6(11)4-5-7(10)13-9/h4-5,13H,11-12H2,1-3H3. The highest BCUT2D eigenvalue weighted by Gasteiger charge is 2.42. The van der Waals surface area contributed by atoms with Crippen molar-refractivity contribution in [1.82, 2.24) is 5.32 Å². The number of nitrogens with one attached hydrogen (secondary N) is 1. The topological polar surface area (TPSA) is 64.1 Å². The van der Waals surface area contributed by atoms with E-state index in [2.05, 4.69) is 5.32 Å². The van der Waals surface area contributed by atoms with Crippen molar-refractivity contribution in [3.63, 3.8) is 0 Å². The number of nitrogens with two attached hydrogens (primary N) is 2. The minimum Gasteiger partial charge on any atom is -0.399 e. The highest BCUT2D eigenvalue weighted by Crippen LogP contribution is 2.33. The third-order valence-electron chi connectivity index (χ3n) is 2.36. The molecule has 0 fully saturated rings. The summed E-state index contributed by atoms with van der Waals surface area (Å²) in [5.41, 5.74) is 11.6. The predicted molar refractivity (Wildman–Crippen MR) is 55.7 cm³/mol. The van der Waals surface area contributed by atoms with Crippen LogP contribution >= 0.6 is 11.6 Å². The fourth-order valence-electron chi connectivity index (χ4n) is 1.22. The van der Waals surface area contributed by atoms with E-state index in [9.17, 15) is 0 Å². The molecule has 13 heavy (non-hydrogen) atoms. The fourth-order valence-corrected chi connectivity index (χ4v) is 1.43. The molecule has 1 rings (SSSR count). The van der Waals surface area contributed by atoms with Gasteiger partial charge in [0.05, 0.1) is 0 Å². The number of dihydropyridines is 1. The Balaban J connectivity index is 3.07. The van der Waals surface area contributed by atoms with E-state index in [0.717, 1.165) is 0 Å². The van der Waals surface area contributed by atoms with Crippen LogP contribution in [-0.4, -0.2) is 5.66 Å². The van der Waals surface area contributed by atoms with Crippen LogP contribution in [-0.2, 0) is 0 Å². The average molecular weight is 202 g/mol. The Morgan fingerprint density at radius 1 is 1.38 bits per heavy atom. The molecule has 0 saturated heterocycles. The van der Waals surface area contributed by atoms with E-state index in [-0.39, 0.29) is 5.41 Å². The van der Waals surface area contributed by atoms with Crippen LogP contribution < -0.4 is 16.8 Å². The Morgan fingerprint density at radius 3 is 2.31 bits per heavy atom. The van der Waals surface area contributed by atoms with E-state index >= 15 is 0 Å². The second-order valence-corrected chi connectivity index (χ2v) is 4.73. The maximum atomic E-state index is 6.14. The summed E-state index contributed by atoms with van der Waals surface area (Å²) in [6.45, 7) is 6.03. The molecule has 3 nitrogen and oxygen atoms in total. The first-order valence-electron chi connectivity index (χ1n) is 4.18. The lowest BCUT2D eigenvalue weighted by molar-refractivity contribution is 0.195. The van der Waals surface area contributed by atoms with Gasteiger partial charge in [-0.15, -0.1) is 0 Å². The summed E-state index contributed by atoms with van der Waals surface area (Å²) in [4.78, 5) is 0. The van der Waals surface area contributed by atoms with Crippen molar-refractivity contribution in [2.24, 2.45) is 16.9 Å². The molecular formula is C9H16ClN3. The normalized spacial score (nSPS) is 29.0. The molecule has 0 aromatic rings. The van der Waals surface area contributed by atoms with E-state index in [4.69, 9.17) is 23.1 Å². The van der Waals surface area contributed by atoms with E-state index in [1.807, 2.05) is 20.8 Å². The van der Waals surface area contributed by atoms with Crippen molar-refractivity contribution in [2.75, 3.05) is 0 Å². The molecule has 0 amide bonds. The van der Waals surface area contributed by atoms with Gasteiger partial charge in [0.2, 0.25) is 0 Å². The van der Waals surface area contributed by atoms with E-state index < -0.39 is 5.66 Å². The summed E-state index contributed by atoms with van der Waals surface area (Å²) in [5, 5.41) is 3.51. The van der Waals surface area contributed by atoms with Crippen LogP contribution in [0.5, 0.6) is 0 Å². The van der Waals surface area contributed by atoms with Gasteiger partial charge < -0.3 is 16.8 Å². The lowest BCUT2D eigenvalue weighted by atomic mass is 9.78. The summed E-state index contributed by atoms with van der Waals surface area (Å²) in [6, 6.07) is 0. The molecule has 74 valence electrons. The van der Waals surface area contributed by atoms with Crippen LogP contribution in [0.25, 0.3) is 0 Å². The first-order valence-corrected chi connectivity index (χ1v) is 4.55. The number of halogens is 1. The van der Waals surface area contributed by atoms with Crippen molar-refractivity contribution in [3.05, 3.63) is 23.0 Å². The highest BCUT2D eigenvalue weighted by molar-refractivity contribution is 6.29. The van der Waals surface area contributed by atoms with E-state index in [0.29, 0.717) is 10.9 Å². The third-order valence-corrected chi connectivity index (χ3v) is 2.58. The van der Waals surface area contributed by atoms with Crippen LogP contribution in [0.15, 0.2) is 23.0 Å². The zero-order valence-electron chi connectivity index (χ0n) is 8.19. The molecule has 1 unspecified atom stereocenters. The van der Waals surface area contributed by atoms with Gasteiger partial charge in [-0.05, 0) is 12.2 Å². The molecule has 0 bridgehead atoms. The van der Waals surface area contributed by atoms with Gasteiger partial charge in [0.15, 0.2) is 0 Å². The largest absolute Gasteiger partial charge is 0.399 e. The Morgan fingerprint density at radius 2 is 1.92 bits per heavy atom. The first-order chi connectivity index (χ1) is 5.77. The van der Waals surface area contributed by atoms with Gasteiger partial charge in [-0.25, -0.2) is 0 Å². The predicted octanol–water partition coefficient (Wildman–Crippen LogP) is 1.21. The van der Waals surface area contributed by atoms with Crippen LogP contribution in [0.4, 0.5) is 0 Å². The van der Waals surface area contributed by atoms with Crippen molar-refractivity contribution in [2.45, 2.75) is 26.4 Å². The molecule has 0 aromatic heterocycles. The maximum absolute atomic E-state index is 6.14. The zero-order valence-corrected chi connectivity index (χ0v) is 8.94. The van der Waals surface area contributed by atoms with Gasteiger partial charge >= 0.3 is 0 Å². The van der Waals surface area contributed by atoms with Gasteiger partial charge in [-0.1, -0.05) is 32.4 Å². The molecular weight excluding hydrogens is 186 g/mol. The number of hydrogen-bond acceptors (Lipinski definition) is 3. The minimum absolute atomic E-state index is 0.192. The van der Waals surface area contributed by atoms with E-state index in [1.165, 1.54) is 0 Å². The smallest absolute Gasteiger partial charge is 0.132 e. The Labute approximate surface area is 83.8 Å². The van der Waals surface area contributed by atoms with Crippen LogP contribution in [0, 0.1) is 5.41 Å². The van der Waals surface area contributed by atoms with Crippen LogP contribution in [0.2, 0.25) is 0 Å². The van der Waals surface area contributed by atoms with Gasteiger partial charge in [-0.2, -0.15) is 0 Å². The summed E-state index contributed by atoms with van der Waals surface area (Å²) < 4.78 is 0. The minimum atomic E-state index is -0.765. The molecule has 1 atom stereocenters. The molecule has 0 aliphatic carbocycles. The van der Waals surface area contributed by atoms with Crippen molar-refractivity contribution < 1.29 is 0 Å². The molecule has 1 aliphatic rings. The number of rotatable bonds is 0. The molecule has 0 spiro atoms. The summed E-state index contributed by atoms with van der Waals surface area (Å²) in [5.74, 6) is 0. The zero-order chi connectivity index (χ0) is 10.3. The summed E-state index contributed by atoms with van der Waals surface area (Å²) >= 11 is 5.84. The molecule has 0 aromatic carbocycles. The molecule has 1 heterocycles. The average Bonchev–Trinajstić information content (AvgIpc) is 1.95. The van der Waals surface area contributed by atoms with Gasteiger partial charge in [0.1, 0.15) is 10.8 Å². The molecule has 0 radical (unpaired) electrons.